The normalized spacial score (nSPS) is 11.0. The molecule has 0 spiro atoms. The maximum atomic E-state index is 12.1. The van der Waals surface area contributed by atoms with Crippen molar-refractivity contribution in [2.45, 2.75) is 26.7 Å². The fourth-order valence-corrected chi connectivity index (χ4v) is 2.10. The van der Waals surface area contributed by atoms with Crippen LogP contribution in [0.25, 0.3) is 11.0 Å². The lowest BCUT2D eigenvalue weighted by atomic mass is 10.0. The van der Waals surface area contributed by atoms with Gasteiger partial charge in [-0.3, -0.25) is 4.79 Å². The summed E-state index contributed by atoms with van der Waals surface area (Å²) >= 11 is 5.75. The minimum Gasteiger partial charge on any atom is -0.460 e. The van der Waals surface area contributed by atoms with E-state index in [4.69, 9.17) is 16.0 Å². The summed E-state index contributed by atoms with van der Waals surface area (Å²) in [5.74, 6) is 0.804. The Morgan fingerprint density at radius 3 is 2.56 bits per heavy atom. The Hall–Kier alpha value is -1.28. The van der Waals surface area contributed by atoms with Gasteiger partial charge in [-0.25, -0.2) is 0 Å². The lowest BCUT2D eigenvalue weighted by Gasteiger charge is -2.07. The third-order valence-corrected chi connectivity index (χ3v) is 3.28. The number of benzene rings is 1. The fraction of sp³-hybridized carbons (Fsp3) is 0.308. The van der Waals surface area contributed by atoms with E-state index in [0.29, 0.717) is 22.3 Å². The molecule has 1 aromatic carbocycles. The van der Waals surface area contributed by atoms with Gasteiger partial charge in [0.25, 0.3) is 0 Å². The third-order valence-electron chi connectivity index (χ3n) is 3.01. The molecule has 1 aromatic heterocycles. The highest BCUT2D eigenvalue weighted by atomic mass is 35.5. The molecule has 0 aliphatic carbocycles. The van der Waals surface area contributed by atoms with Crippen molar-refractivity contribution in [1.82, 2.24) is 0 Å². The van der Waals surface area contributed by atoms with Crippen molar-refractivity contribution in [2.24, 2.45) is 0 Å². The zero-order valence-electron chi connectivity index (χ0n) is 9.56. The lowest BCUT2D eigenvalue weighted by molar-refractivity contribution is 0.555. The Labute approximate surface area is 98.8 Å². The molecule has 16 heavy (non-hydrogen) atoms. The lowest BCUT2D eigenvalue weighted by Crippen LogP contribution is -2.10. The first-order valence-electron chi connectivity index (χ1n) is 5.14. The Bertz CT molecular complexity index is 611. The van der Waals surface area contributed by atoms with Gasteiger partial charge in [0.15, 0.2) is 5.43 Å². The molecule has 0 aliphatic heterocycles. The van der Waals surface area contributed by atoms with Gasteiger partial charge >= 0.3 is 0 Å². The van der Waals surface area contributed by atoms with Crippen LogP contribution in [0, 0.1) is 20.8 Å². The van der Waals surface area contributed by atoms with E-state index >= 15 is 0 Å². The van der Waals surface area contributed by atoms with Gasteiger partial charge in [0.1, 0.15) is 11.3 Å². The largest absolute Gasteiger partial charge is 0.460 e. The van der Waals surface area contributed by atoms with Gasteiger partial charge in [-0.1, -0.05) is 6.07 Å². The van der Waals surface area contributed by atoms with Crippen LogP contribution in [0.2, 0.25) is 0 Å². The first-order chi connectivity index (χ1) is 7.56. The van der Waals surface area contributed by atoms with E-state index < -0.39 is 0 Å². The van der Waals surface area contributed by atoms with Gasteiger partial charge in [0, 0.05) is 0 Å². The summed E-state index contributed by atoms with van der Waals surface area (Å²) in [7, 11) is 0. The molecule has 0 saturated carbocycles. The van der Waals surface area contributed by atoms with Gasteiger partial charge in [0.2, 0.25) is 0 Å². The first-order valence-corrected chi connectivity index (χ1v) is 5.68. The van der Waals surface area contributed by atoms with E-state index in [2.05, 4.69) is 0 Å². The van der Waals surface area contributed by atoms with Crippen LogP contribution < -0.4 is 5.43 Å². The summed E-state index contributed by atoms with van der Waals surface area (Å²) < 4.78 is 5.69. The van der Waals surface area contributed by atoms with Crippen LogP contribution in [0.3, 0.4) is 0 Å². The molecule has 0 atom stereocenters. The molecule has 84 valence electrons. The standard InChI is InChI=1S/C13H13ClO2/c1-7-4-5-10-12(15)11(6-14)9(3)16-13(10)8(7)2/h4-5H,6H2,1-3H3. The number of alkyl halides is 1. The Kier molecular flexibility index (Phi) is 2.76. The molecule has 2 rings (SSSR count). The van der Waals surface area contributed by atoms with Crippen LogP contribution in [-0.4, -0.2) is 0 Å². The highest BCUT2D eigenvalue weighted by molar-refractivity contribution is 6.17. The average Bonchev–Trinajstić information content (AvgIpc) is 2.25. The van der Waals surface area contributed by atoms with Crippen molar-refractivity contribution in [3.8, 4) is 0 Å². The number of aryl methyl sites for hydroxylation is 3. The Morgan fingerprint density at radius 2 is 1.94 bits per heavy atom. The Morgan fingerprint density at radius 1 is 1.25 bits per heavy atom. The van der Waals surface area contributed by atoms with Crippen LogP contribution in [-0.2, 0) is 5.88 Å². The van der Waals surface area contributed by atoms with E-state index in [0.717, 1.165) is 11.1 Å². The highest BCUT2D eigenvalue weighted by Crippen LogP contribution is 2.22. The van der Waals surface area contributed by atoms with Gasteiger partial charge in [-0.2, -0.15) is 0 Å². The fourth-order valence-electron chi connectivity index (χ4n) is 1.79. The number of hydrogen-bond acceptors (Lipinski definition) is 2. The maximum Gasteiger partial charge on any atom is 0.197 e. The molecule has 0 saturated heterocycles. The molecule has 0 unspecified atom stereocenters. The minimum absolute atomic E-state index is 0.0168. The maximum absolute atomic E-state index is 12.1. The second-order valence-corrected chi connectivity index (χ2v) is 4.25. The summed E-state index contributed by atoms with van der Waals surface area (Å²) in [4.78, 5) is 12.1. The van der Waals surface area contributed by atoms with Gasteiger partial charge in [0.05, 0.1) is 16.8 Å². The van der Waals surface area contributed by atoms with Crippen molar-refractivity contribution < 1.29 is 4.42 Å². The molecule has 2 aromatic rings. The van der Waals surface area contributed by atoms with Crippen LogP contribution in [0.4, 0.5) is 0 Å². The van der Waals surface area contributed by atoms with Crippen molar-refractivity contribution in [3.63, 3.8) is 0 Å². The number of fused-ring (bicyclic) bond motifs is 1. The van der Waals surface area contributed by atoms with E-state index in [1.54, 1.807) is 13.0 Å². The summed E-state index contributed by atoms with van der Waals surface area (Å²) in [6.45, 7) is 5.74. The van der Waals surface area contributed by atoms with Crippen LogP contribution in [0.15, 0.2) is 21.3 Å². The Balaban J connectivity index is 2.99. The van der Waals surface area contributed by atoms with Crippen molar-refractivity contribution in [2.75, 3.05) is 0 Å². The van der Waals surface area contributed by atoms with Crippen LogP contribution in [0.1, 0.15) is 22.5 Å². The highest BCUT2D eigenvalue weighted by Gasteiger charge is 2.12. The number of halogens is 1. The molecule has 3 heteroatoms. The zero-order chi connectivity index (χ0) is 11.9. The second-order valence-electron chi connectivity index (χ2n) is 3.98. The molecular formula is C13H13ClO2. The topological polar surface area (TPSA) is 30.2 Å². The van der Waals surface area contributed by atoms with E-state index in [1.165, 1.54) is 0 Å². The molecule has 1 heterocycles. The SMILES string of the molecule is Cc1ccc2c(=O)c(CCl)c(C)oc2c1C. The van der Waals surface area contributed by atoms with Crippen molar-refractivity contribution in [3.05, 3.63) is 44.8 Å². The molecule has 0 radical (unpaired) electrons. The van der Waals surface area contributed by atoms with E-state index in [-0.39, 0.29) is 11.3 Å². The molecule has 0 bridgehead atoms. The molecular weight excluding hydrogens is 224 g/mol. The van der Waals surface area contributed by atoms with Gasteiger partial charge in [-0.05, 0) is 38.0 Å². The molecule has 0 fully saturated rings. The smallest absolute Gasteiger partial charge is 0.197 e. The van der Waals surface area contributed by atoms with Gasteiger partial charge < -0.3 is 4.42 Å². The molecule has 0 aliphatic rings. The number of rotatable bonds is 1. The van der Waals surface area contributed by atoms with Crippen molar-refractivity contribution in [1.29, 1.82) is 0 Å². The van der Waals surface area contributed by atoms with E-state index in [1.807, 2.05) is 19.9 Å². The molecule has 0 amide bonds. The minimum atomic E-state index is -0.0168. The average molecular weight is 237 g/mol. The first kappa shape index (κ1) is 11.2. The monoisotopic (exact) mass is 236 g/mol. The summed E-state index contributed by atoms with van der Waals surface area (Å²) in [5, 5.41) is 0.615. The van der Waals surface area contributed by atoms with Crippen LogP contribution in [0.5, 0.6) is 0 Å². The quantitative estimate of drug-likeness (QED) is 0.710. The van der Waals surface area contributed by atoms with Crippen LogP contribution >= 0.6 is 11.6 Å². The predicted molar refractivity (Wildman–Crippen MR) is 66.3 cm³/mol. The zero-order valence-corrected chi connectivity index (χ0v) is 10.3. The summed E-state index contributed by atoms with van der Waals surface area (Å²) in [6.07, 6.45) is 0. The second kappa shape index (κ2) is 3.95. The molecule has 2 nitrogen and oxygen atoms in total. The molecule has 0 N–H and O–H groups in total. The van der Waals surface area contributed by atoms with E-state index in [9.17, 15) is 4.79 Å². The number of hydrogen-bond donors (Lipinski definition) is 0. The van der Waals surface area contributed by atoms with Gasteiger partial charge in [-0.15, -0.1) is 11.6 Å². The third kappa shape index (κ3) is 1.54. The predicted octanol–water partition coefficient (Wildman–Crippen LogP) is 3.46. The summed E-state index contributed by atoms with van der Waals surface area (Å²) in [6, 6.07) is 3.74. The van der Waals surface area contributed by atoms with Crippen molar-refractivity contribution >= 4 is 22.6 Å². The summed E-state index contributed by atoms with van der Waals surface area (Å²) in [5.41, 5.74) is 3.35.